The second-order valence-corrected chi connectivity index (χ2v) is 6.57. The highest BCUT2D eigenvalue weighted by molar-refractivity contribution is 6.31. The summed E-state index contributed by atoms with van der Waals surface area (Å²) in [6.07, 6.45) is 1.81. The molecule has 2 aliphatic rings. The summed E-state index contributed by atoms with van der Waals surface area (Å²) in [5.41, 5.74) is 1.08. The summed E-state index contributed by atoms with van der Waals surface area (Å²) in [7, 11) is 0. The van der Waals surface area contributed by atoms with Gasteiger partial charge in [0.05, 0.1) is 6.54 Å². The highest BCUT2D eigenvalue weighted by Gasteiger charge is 2.27. The van der Waals surface area contributed by atoms with Crippen molar-refractivity contribution < 1.29 is 9.53 Å². The highest BCUT2D eigenvalue weighted by atomic mass is 35.5. The minimum absolute atomic E-state index is 0.0934. The molecule has 3 rings (SSSR count). The largest absolute Gasteiger partial charge is 0.381 e. The van der Waals surface area contributed by atoms with Crippen LogP contribution in [0.1, 0.15) is 24.4 Å². The van der Waals surface area contributed by atoms with Gasteiger partial charge in [-0.15, -0.1) is 0 Å². The van der Waals surface area contributed by atoms with Crippen LogP contribution in [-0.4, -0.2) is 56.2 Å². The zero-order valence-electron chi connectivity index (χ0n) is 13.3. The summed E-state index contributed by atoms with van der Waals surface area (Å²) in [4.78, 5) is 14.6. The number of nitrogens with zero attached hydrogens (tertiary/aromatic N) is 1. The molecule has 1 atom stereocenters. The second kappa shape index (κ2) is 8.11. The molecule has 0 saturated carbocycles. The third-order valence-corrected chi connectivity index (χ3v) is 4.90. The van der Waals surface area contributed by atoms with E-state index in [9.17, 15) is 4.79 Å². The second-order valence-electron chi connectivity index (χ2n) is 6.17. The number of benzene rings is 1. The molecule has 1 unspecified atom stereocenters. The van der Waals surface area contributed by atoms with Crippen molar-refractivity contribution in [3.05, 3.63) is 34.9 Å². The van der Waals surface area contributed by atoms with Crippen LogP contribution >= 0.6 is 11.6 Å². The van der Waals surface area contributed by atoms with E-state index in [0.29, 0.717) is 6.54 Å². The maximum absolute atomic E-state index is 12.4. The first-order chi connectivity index (χ1) is 11.2. The first kappa shape index (κ1) is 16.7. The van der Waals surface area contributed by atoms with Crippen molar-refractivity contribution in [2.24, 2.45) is 0 Å². The normalized spacial score (nSPS) is 23.6. The van der Waals surface area contributed by atoms with Crippen LogP contribution in [0.15, 0.2) is 24.3 Å². The molecule has 1 amide bonds. The van der Waals surface area contributed by atoms with Gasteiger partial charge in [0.15, 0.2) is 0 Å². The van der Waals surface area contributed by atoms with Crippen molar-refractivity contribution in [3.8, 4) is 0 Å². The average molecular weight is 338 g/mol. The van der Waals surface area contributed by atoms with E-state index in [1.165, 1.54) is 0 Å². The predicted molar refractivity (Wildman–Crippen MR) is 90.6 cm³/mol. The Morgan fingerprint density at radius 1 is 1.35 bits per heavy atom. The Hall–Kier alpha value is -1.14. The van der Waals surface area contributed by atoms with Crippen molar-refractivity contribution in [2.45, 2.75) is 24.9 Å². The van der Waals surface area contributed by atoms with Gasteiger partial charge in [-0.1, -0.05) is 29.8 Å². The Bertz CT molecular complexity index is 534. The molecule has 2 N–H and O–H groups in total. The molecule has 0 aliphatic carbocycles. The molecular weight excluding hydrogens is 314 g/mol. The van der Waals surface area contributed by atoms with Crippen molar-refractivity contribution >= 4 is 17.5 Å². The fourth-order valence-electron chi connectivity index (χ4n) is 3.29. The van der Waals surface area contributed by atoms with Gasteiger partial charge in [-0.3, -0.25) is 9.69 Å². The first-order valence-electron chi connectivity index (χ1n) is 8.30. The maximum Gasteiger partial charge on any atom is 0.234 e. The van der Waals surface area contributed by atoms with Crippen molar-refractivity contribution in [3.63, 3.8) is 0 Å². The van der Waals surface area contributed by atoms with Gasteiger partial charge < -0.3 is 15.4 Å². The van der Waals surface area contributed by atoms with Crippen LogP contribution in [0.2, 0.25) is 5.02 Å². The van der Waals surface area contributed by atoms with Gasteiger partial charge in [0.1, 0.15) is 0 Å². The Morgan fingerprint density at radius 3 is 2.91 bits per heavy atom. The number of carbonyl (C=O) groups is 1. The molecule has 23 heavy (non-hydrogen) atoms. The van der Waals surface area contributed by atoms with E-state index in [1.807, 2.05) is 24.3 Å². The van der Waals surface area contributed by atoms with E-state index >= 15 is 0 Å². The molecule has 2 heterocycles. The van der Waals surface area contributed by atoms with Gasteiger partial charge >= 0.3 is 0 Å². The number of rotatable bonds is 4. The molecule has 2 fully saturated rings. The lowest BCUT2D eigenvalue weighted by atomic mass is 10.0. The van der Waals surface area contributed by atoms with E-state index in [1.54, 1.807) is 0 Å². The minimum Gasteiger partial charge on any atom is -0.381 e. The molecule has 6 heteroatoms. The Balaban J connectivity index is 1.62. The van der Waals surface area contributed by atoms with E-state index in [4.69, 9.17) is 16.3 Å². The fourth-order valence-corrected chi connectivity index (χ4v) is 3.55. The zero-order chi connectivity index (χ0) is 16.1. The molecule has 5 nitrogen and oxygen atoms in total. The minimum atomic E-state index is 0.0934. The number of nitrogens with one attached hydrogen (secondary N) is 2. The summed E-state index contributed by atoms with van der Waals surface area (Å²) in [6, 6.07) is 8.27. The molecule has 0 aromatic heterocycles. The lowest BCUT2D eigenvalue weighted by Gasteiger charge is -2.36. The van der Waals surface area contributed by atoms with Crippen LogP contribution in [-0.2, 0) is 9.53 Å². The van der Waals surface area contributed by atoms with Crippen molar-refractivity contribution in [1.29, 1.82) is 0 Å². The third-order valence-electron chi connectivity index (χ3n) is 4.55. The standard InChI is InChI=1S/C17H24ClN3O2/c18-15-4-2-1-3-14(15)16-11-19-7-8-21(16)12-17(22)20-13-5-9-23-10-6-13/h1-4,13,16,19H,5-12H2,(H,20,22). The Labute approximate surface area is 142 Å². The Morgan fingerprint density at radius 2 is 2.13 bits per heavy atom. The van der Waals surface area contributed by atoms with Gasteiger partial charge in [0.25, 0.3) is 0 Å². The zero-order valence-corrected chi connectivity index (χ0v) is 14.0. The topological polar surface area (TPSA) is 53.6 Å². The van der Waals surface area contributed by atoms with Gasteiger partial charge in [0.2, 0.25) is 5.91 Å². The van der Waals surface area contributed by atoms with Crippen molar-refractivity contribution in [1.82, 2.24) is 15.5 Å². The maximum atomic E-state index is 12.4. The number of hydrogen-bond acceptors (Lipinski definition) is 4. The lowest BCUT2D eigenvalue weighted by molar-refractivity contribution is -0.124. The smallest absolute Gasteiger partial charge is 0.234 e. The summed E-state index contributed by atoms with van der Waals surface area (Å²) < 4.78 is 5.33. The van der Waals surface area contributed by atoms with E-state index in [-0.39, 0.29) is 18.0 Å². The number of hydrogen-bond donors (Lipinski definition) is 2. The molecule has 2 aliphatic heterocycles. The average Bonchev–Trinajstić information content (AvgIpc) is 2.57. The summed E-state index contributed by atoms with van der Waals surface area (Å²) in [5.74, 6) is 0.0934. The van der Waals surface area contributed by atoms with Crippen LogP contribution in [0.5, 0.6) is 0 Å². The van der Waals surface area contributed by atoms with E-state index in [0.717, 1.165) is 56.3 Å². The summed E-state index contributed by atoms with van der Waals surface area (Å²) >= 11 is 6.35. The van der Waals surface area contributed by atoms with E-state index in [2.05, 4.69) is 15.5 Å². The molecule has 2 saturated heterocycles. The molecule has 0 radical (unpaired) electrons. The Kier molecular flexibility index (Phi) is 5.89. The monoisotopic (exact) mass is 337 g/mol. The highest BCUT2D eigenvalue weighted by Crippen LogP contribution is 2.28. The number of amides is 1. The number of piperazine rings is 1. The SMILES string of the molecule is O=C(CN1CCNCC1c1ccccc1Cl)NC1CCOCC1. The van der Waals surface area contributed by atoms with Crippen LogP contribution in [0.25, 0.3) is 0 Å². The predicted octanol–water partition coefficient (Wildman–Crippen LogP) is 1.58. The molecule has 0 bridgehead atoms. The number of halogens is 1. The third kappa shape index (κ3) is 4.44. The van der Waals surface area contributed by atoms with Crippen LogP contribution in [0.3, 0.4) is 0 Å². The quantitative estimate of drug-likeness (QED) is 0.876. The van der Waals surface area contributed by atoms with Crippen LogP contribution < -0.4 is 10.6 Å². The van der Waals surface area contributed by atoms with Crippen LogP contribution in [0.4, 0.5) is 0 Å². The lowest BCUT2D eigenvalue weighted by Crippen LogP contribution is -2.51. The number of carbonyl (C=O) groups excluding carboxylic acids is 1. The van der Waals surface area contributed by atoms with Gasteiger partial charge in [-0.05, 0) is 24.5 Å². The van der Waals surface area contributed by atoms with Crippen LogP contribution in [0, 0.1) is 0 Å². The summed E-state index contributed by atoms with van der Waals surface area (Å²) in [6.45, 7) is 4.44. The number of ether oxygens (including phenoxy) is 1. The molecule has 1 aromatic carbocycles. The first-order valence-corrected chi connectivity index (χ1v) is 8.68. The molecule has 0 spiro atoms. The van der Waals surface area contributed by atoms with Gasteiger partial charge in [-0.25, -0.2) is 0 Å². The molecular formula is C17H24ClN3O2. The van der Waals surface area contributed by atoms with Gasteiger partial charge in [0, 0.05) is 50.0 Å². The van der Waals surface area contributed by atoms with Crippen molar-refractivity contribution in [2.75, 3.05) is 39.4 Å². The molecule has 126 valence electrons. The van der Waals surface area contributed by atoms with E-state index < -0.39 is 0 Å². The molecule has 1 aromatic rings. The fraction of sp³-hybridized carbons (Fsp3) is 0.588. The summed E-state index contributed by atoms with van der Waals surface area (Å²) in [5, 5.41) is 7.30. The van der Waals surface area contributed by atoms with Gasteiger partial charge in [-0.2, -0.15) is 0 Å².